The van der Waals surface area contributed by atoms with Crippen molar-refractivity contribution in [1.29, 1.82) is 0 Å². The Morgan fingerprint density at radius 2 is 1.68 bits per heavy atom. The lowest BCUT2D eigenvalue weighted by molar-refractivity contribution is -0.142. The largest absolute Gasteiger partial charge is 0.481 e. The number of hydrogen-bond acceptors (Lipinski definition) is 4. The van der Waals surface area contributed by atoms with Gasteiger partial charge in [0.25, 0.3) is 0 Å². The van der Waals surface area contributed by atoms with Crippen LogP contribution in [0.25, 0.3) is 0 Å². The van der Waals surface area contributed by atoms with Gasteiger partial charge in [0.05, 0.1) is 5.92 Å². The Morgan fingerprint density at radius 3 is 2.29 bits per heavy atom. The molecule has 2 saturated heterocycles. The maximum absolute atomic E-state index is 13.3. The molecule has 2 unspecified atom stereocenters. The summed E-state index contributed by atoms with van der Waals surface area (Å²) in [5.41, 5.74) is 4.52. The second-order valence-electron chi connectivity index (χ2n) is 9.78. The van der Waals surface area contributed by atoms with Crippen LogP contribution in [0.5, 0.6) is 0 Å². The van der Waals surface area contributed by atoms with Crippen molar-refractivity contribution in [2.75, 3.05) is 31.6 Å². The normalized spacial score (nSPS) is 20.3. The average Bonchev–Trinajstić information content (AvgIpc) is 2.85. The lowest BCUT2D eigenvalue weighted by atomic mass is 9.81. The van der Waals surface area contributed by atoms with E-state index in [1.807, 2.05) is 12.1 Å². The summed E-state index contributed by atoms with van der Waals surface area (Å²) in [5.74, 6) is -0.766. The van der Waals surface area contributed by atoms with Crippen LogP contribution in [-0.4, -0.2) is 54.3 Å². The molecule has 2 aliphatic rings. The number of rotatable bonds is 7. The summed E-state index contributed by atoms with van der Waals surface area (Å²) in [4.78, 5) is 40.4. The standard InChI is InChI=1S/C28H34N2O4/c1-19-5-3-4-6-24(19)25(17-26(31)22-9-12-27(32)29(2)18-22)20-7-10-23(11-8-20)30-15-13-21(14-16-30)28(33)34/h3-8,10-11,21-22,25H,9,12-18H2,1-2H3,(H,33,34). The van der Waals surface area contributed by atoms with Crippen LogP contribution >= 0.6 is 0 Å². The summed E-state index contributed by atoms with van der Waals surface area (Å²) in [6, 6.07) is 16.6. The molecule has 2 heterocycles. The van der Waals surface area contributed by atoms with E-state index in [0.29, 0.717) is 38.6 Å². The highest BCUT2D eigenvalue weighted by molar-refractivity contribution is 5.86. The second kappa shape index (κ2) is 10.4. The maximum atomic E-state index is 13.3. The van der Waals surface area contributed by atoms with Crippen LogP contribution in [0.3, 0.4) is 0 Å². The number of carbonyl (C=O) groups is 3. The van der Waals surface area contributed by atoms with E-state index in [1.54, 1.807) is 11.9 Å². The summed E-state index contributed by atoms with van der Waals surface area (Å²) in [5, 5.41) is 9.25. The number of carboxylic acid groups (broad SMARTS) is 1. The highest BCUT2D eigenvalue weighted by atomic mass is 16.4. The number of amides is 1. The van der Waals surface area contributed by atoms with Crippen LogP contribution < -0.4 is 4.90 Å². The van der Waals surface area contributed by atoms with Crippen LogP contribution in [0.1, 0.15) is 54.7 Å². The molecule has 2 fully saturated rings. The molecule has 2 aromatic rings. The van der Waals surface area contributed by atoms with Gasteiger partial charge < -0.3 is 14.9 Å². The van der Waals surface area contributed by atoms with E-state index in [4.69, 9.17) is 0 Å². The van der Waals surface area contributed by atoms with Gasteiger partial charge in [-0.1, -0.05) is 36.4 Å². The number of piperidine rings is 2. The molecule has 0 aliphatic carbocycles. The van der Waals surface area contributed by atoms with Gasteiger partial charge in [-0.15, -0.1) is 0 Å². The number of carbonyl (C=O) groups excluding carboxylic acids is 2. The molecule has 0 saturated carbocycles. The molecular formula is C28H34N2O4. The summed E-state index contributed by atoms with van der Waals surface area (Å²) < 4.78 is 0. The first-order chi connectivity index (χ1) is 16.3. The number of nitrogens with zero attached hydrogens (tertiary/aromatic N) is 2. The van der Waals surface area contributed by atoms with Crippen molar-refractivity contribution < 1.29 is 19.5 Å². The van der Waals surface area contributed by atoms with E-state index in [-0.39, 0.29) is 29.4 Å². The molecule has 0 spiro atoms. The minimum atomic E-state index is -0.700. The smallest absolute Gasteiger partial charge is 0.306 e. The molecule has 180 valence electrons. The van der Waals surface area contributed by atoms with Gasteiger partial charge in [0.2, 0.25) is 5.91 Å². The predicted octanol–water partition coefficient (Wildman–Crippen LogP) is 4.26. The van der Waals surface area contributed by atoms with Gasteiger partial charge in [0.1, 0.15) is 5.78 Å². The Hall–Kier alpha value is -3.15. The van der Waals surface area contributed by atoms with Crippen molar-refractivity contribution in [2.45, 2.75) is 44.9 Å². The third-order valence-electron chi connectivity index (χ3n) is 7.56. The molecule has 4 rings (SSSR count). The van der Waals surface area contributed by atoms with Crippen molar-refractivity contribution in [3.05, 3.63) is 65.2 Å². The molecular weight excluding hydrogens is 428 g/mol. The second-order valence-corrected chi connectivity index (χ2v) is 9.78. The summed E-state index contributed by atoms with van der Waals surface area (Å²) >= 11 is 0. The molecule has 0 aromatic heterocycles. The number of carboxylic acids is 1. The van der Waals surface area contributed by atoms with Gasteiger partial charge in [0, 0.05) is 57.0 Å². The zero-order valence-corrected chi connectivity index (χ0v) is 20.1. The van der Waals surface area contributed by atoms with Crippen LogP contribution in [0.4, 0.5) is 5.69 Å². The number of ketones is 1. The molecule has 6 heteroatoms. The van der Waals surface area contributed by atoms with Crippen molar-refractivity contribution >= 4 is 23.3 Å². The molecule has 34 heavy (non-hydrogen) atoms. The Morgan fingerprint density at radius 1 is 1.00 bits per heavy atom. The number of benzene rings is 2. The number of likely N-dealkylation sites (tertiary alicyclic amines) is 1. The first-order valence-electron chi connectivity index (χ1n) is 12.2. The van der Waals surface area contributed by atoms with Crippen molar-refractivity contribution in [2.24, 2.45) is 11.8 Å². The van der Waals surface area contributed by atoms with Crippen LogP contribution in [0, 0.1) is 18.8 Å². The monoisotopic (exact) mass is 462 g/mol. The highest BCUT2D eigenvalue weighted by Crippen LogP contribution is 2.34. The van der Waals surface area contributed by atoms with Crippen molar-refractivity contribution in [3.63, 3.8) is 0 Å². The van der Waals surface area contributed by atoms with Gasteiger partial charge in [-0.05, 0) is 55.0 Å². The molecule has 2 atom stereocenters. The van der Waals surface area contributed by atoms with E-state index in [2.05, 4.69) is 48.2 Å². The fourth-order valence-corrected chi connectivity index (χ4v) is 5.33. The molecule has 6 nitrogen and oxygen atoms in total. The maximum Gasteiger partial charge on any atom is 0.306 e. The highest BCUT2D eigenvalue weighted by Gasteiger charge is 2.31. The van der Waals surface area contributed by atoms with Gasteiger partial charge >= 0.3 is 5.97 Å². The SMILES string of the molecule is Cc1ccccc1C(CC(=O)C1CCC(=O)N(C)C1)c1ccc(N2CCC(C(=O)O)CC2)cc1. The lowest BCUT2D eigenvalue weighted by Gasteiger charge is -2.32. The van der Waals surface area contributed by atoms with Crippen molar-refractivity contribution in [1.82, 2.24) is 4.90 Å². The molecule has 2 aromatic carbocycles. The van der Waals surface area contributed by atoms with Gasteiger partial charge in [-0.3, -0.25) is 14.4 Å². The topological polar surface area (TPSA) is 77.9 Å². The molecule has 1 amide bonds. The quantitative estimate of drug-likeness (QED) is 0.665. The van der Waals surface area contributed by atoms with Crippen LogP contribution in [-0.2, 0) is 14.4 Å². The average molecular weight is 463 g/mol. The molecule has 0 radical (unpaired) electrons. The third kappa shape index (κ3) is 5.32. The summed E-state index contributed by atoms with van der Waals surface area (Å²) in [6.07, 6.45) is 2.81. The predicted molar refractivity (Wildman–Crippen MR) is 132 cm³/mol. The number of aliphatic carboxylic acids is 1. The fourth-order valence-electron chi connectivity index (χ4n) is 5.33. The first kappa shape index (κ1) is 24.0. The Labute approximate surface area is 201 Å². The van der Waals surface area contributed by atoms with E-state index in [0.717, 1.165) is 35.5 Å². The zero-order chi connectivity index (χ0) is 24.2. The number of anilines is 1. The van der Waals surface area contributed by atoms with E-state index in [1.165, 1.54) is 0 Å². The van der Waals surface area contributed by atoms with Gasteiger partial charge in [-0.25, -0.2) is 0 Å². The third-order valence-corrected chi connectivity index (χ3v) is 7.56. The summed E-state index contributed by atoms with van der Waals surface area (Å²) in [7, 11) is 1.78. The van der Waals surface area contributed by atoms with Crippen LogP contribution in [0.2, 0.25) is 0 Å². The minimum Gasteiger partial charge on any atom is -0.481 e. The van der Waals surface area contributed by atoms with E-state index < -0.39 is 5.97 Å². The number of Topliss-reactive ketones (excluding diaryl/α,β-unsaturated/α-hetero) is 1. The molecule has 2 aliphatic heterocycles. The Bertz CT molecular complexity index is 1040. The first-order valence-corrected chi connectivity index (χ1v) is 12.2. The number of aryl methyl sites for hydroxylation is 1. The molecule has 1 N–H and O–H groups in total. The van der Waals surface area contributed by atoms with Crippen molar-refractivity contribution in [3.8, 4) is 0 Å². The fraction of sp³-hybridized carbons (Fsp3) is 0.464. The lowest BCUT2D eigenvalue weighted by Crippen LogP contribution is -2.40. The minimum absolute atomic E-state index is 0.0385. The summed E-state index contributed by atoms with van der Waals surface area (Å²) in [6.45, 7) is 4.07. The van der Waals surface area contributed by atoms with E-state index >= 15 is 0 Å². The van der Waals surface area contributed by atoms with Gasteiger partial charge in [-0.2, -0.15) is 0 Å². The Kier molecular flexibility index (Phi) is 7.35. The number of hydrogen-bond donors (Lipinski definition) is 1. The van der Waals surface area contributed by atoms with Gasteiger partial charge in [0.15, 0.2) is 0 Å². The molecule has 0 bridgehead atoms. The zero-order valence-electron chi connectivity index (χ0n) is 20.1. The van der Waals surface area contributed by atoms with E-state index in [9.17, 15) is 19.5 Å². The van der Waals surface area contributed by atoms with Crippen LogP contribution in [0.15, 0.2) is 48.5 Å². The Balaban J connectivity index is 1.53.